The van der Waals surface area contributed by atoms with Crippen LogP contribution in [0.3, 0.4) is 0 Å². The Morgan fingerprint density at radius 3 is 1.82 bits per heavy atom. The van der Waals surface area contributed by atoms with Gasteiger partial charge in [0.1, 0.15) is 32.5 Å². The topological polar surface area (TPSA) is 170 Å². The maximum Gasteiger partial charge on any atom is 0.313 e. The third-order valence-electron chi connectivity index (χ3n) is 7.31. The lowest BCUT2D eigenvalue weighted by atomic mass is 9.97. The number of nitro groups is 2. The van der Waals surface area contributed by atoms with Gasteiger partial charge in [0.25, 0.3) is 5.69 Å². The summed E-state index contributed by atoms with van der Waals surface area (Å²) in [5, 5.41) is 24.2. The first kappa shape index (κ1) is 29.6. The van der Waals surface area contributed by atoms with E-state index in [1.54, 1.807) is 0 Å². The van der Waals surface area contributed by atoms with Crippen molar-refractivity contribution in [3.63, 3.8) is 0 Å². The van der Waals surface area contributed by atoms with Gasteiger partial charge in [0, 0.05) is 24.5 Å². The number of benzene rings is 2. The first-order valence-electron chi connectivity index (χ1n) is 12.3. The van der Waals surface area contributed by atoms with Crippen LogP contribution in [-0.4, -0.2) is 39.1 Å². The Kier molecular flexibility index (Phi) is 8.87. The number of halogens is 2. The summed E-state index contributed by atoms with van der Waals surface area (Å²) in [6.07, 6.45) is 2.04. The summed E-state index contributed by atoms with van der Waals surface area (Å²) < 4.78 is 12.2. The normalized spacial score (nSPS) is 12.2. The fourth-order valence-electron chi connectivity index (χ4n) is 4.35. The highest BCUT2D eigenvalue weighted by Gasteiger charge is 2.34. The second kappa shape index (κ2) is 11.4. The fourth-order valence-corrected chi connectivity index (χ4v) is 4.87. The summed E-state index contributed by atoms with van der Waals surface area (Å²) in [5.41, 5.74) is 9.68. The number of nitrogens with zero attached hydrogens (tertiary/aromatic N) is 3. The van der Waals surface area contributed by atoms with Crippen LogP contribution in [-0.2, 0) is 0 Å². The Hall–Kier alpha value is -2.99. The Balaban J connectivity index is 2.40. The highest BCUT2D eigenvalue weighted by Crippen LogP contribution is 2.46. The molecule has 13 heteroatoms. The predicted molar refractivity (Wildman–Crippen MR) is 149 cm³/mol. The zero-order valence-electron chi connectivity index (χ0n) is 21.7. The van der Waals surface area contributed by atoms with E-state index in [1.807, 2.05) is 27.7 Å². The van der Waals surface area contributed by atoms with Crippen LogP contribution in [0, 0.1) is 20.2 Å². The lowest BCUT2D eigenvalue weighted by Gasteiger charge is -2.32. The summed E-state index contributed by atoms with van der Waals surface area (Å²) in [4.78, 5) is 27.3. The monoisotopic (exact) mass is 567 g/mol. The smallest absolute Gasteiger partial charge is 0.313 e. The minimum Gasteiger partial charge on any atom is -0.484 e. The largest absolute Gasteiger partial charge is 0.484 e. The van der Waals surface area contributed by atoms with E-state index in [1.165, 1.54) is 18.2 Å². The lowest BCUT2D eigenvalue weighted by Crippen LogP contribution is -2.42. The van der Waals surface area contributed by atoms with Crippen LogP contribution < -0.4 is 20.9 Å². The van der Waals surface area contributed by atoms with Gasteiger partial charge in [0.05, 0.1) is 26.8 Å². The van der Waals surface area contributed by atoms with Crippen molar-refractivity contribution in [2.45, 2.75) is 64.6 Å². The molecule has 4 N–H and O–H groups in total. The molecule has 0 unspecified atom stereocenters. The maximum absolute atomic E-state index is 12.0. The molecule has 0 amide bonds. The van der Waals surface area contributed by atoms with Gasteiger partial charge < -0.3 is 20.9 Å². The van der Waals surface area contributed by atoms with Gasteiger partial charge in [-0.15, -0.1) is 0 Å². The van der Waals surface area contributed by atoms with E-state index in [-0.39, 0.29) is 62.1 Å². The van der Waals surface area contributed by atoms with Crippen molar-refractivity contribution in [3.05, 3.63) is 48.5 Å². The second-order valence-electron chi connectivity index (χ2n) is 9.11. The molecule has 3 rings (SSSR count). The van der Waals surface area contributed by atoms with Crippen LogP contribution in [0.15, 0.2) is 18.2 Å². The summed E-state index contributed by atoms with van der Waals surface area (Å²) in [6.45, 7) is 7.78. The van der Waals surface area contributed by atoms with Gasteiger partial charge in [0.15, 0.2) is 0 Å². The highest BCUT2D eigenvalue weighted by atomic mass is 35.5. The summed E-state index contributed by atoms with van der Waals surface area (Å²) >= 11 is 13.4. The zero-order valence-corrected chi connectivity index (χ0v) is 23.2. The molecule has 206 valence electrons. The van der Waals surface area contributed by atoms with Gasteiger partial charge in [-0.25, -0.2) is 4.98 Å². The second-order valence-corrected chi connectivity index (χ2v) is 9.87. The van der Waals surface area contributed by atoms with Crippen LogP contribution >= 0.6 is 23.2 Å². The quantitative estimate of drug-likeness (QED) is 0.144. The van der Waals surface area contributed by atoms with Gasteiger partial charge in [-0.3, -0.25) is 20.2 Å². The van der Waals surface area contributed by atoms with Crippen molar-refractivity contribution in [1.82, 2.24) is 4.98 Å². The van der Waals surface area contributed by atoms with Gasteiger partial charge in [-0.2, -0.15) is 0 Å². The number of ether oxygens (including phenoxy) is 2. The highest BCUT2D eigenvalue weighted by molar-refractivity contribution is 6.39. The van der Waals surface area contributed by atoms with E-state index >= 15 is 0 Å². The number of pyridine rings is 1. The summed E-state index contributed by atoms with van der Waals surface area (Å²) in [5.74, 6) is -0.122. The molecule has 0 radical (unpaired) electrons. The molecule has 11 nitrogen and oxygen atoms in total. The van der Waals surface area contributed by atoms with E-state index in [9.17, 15) is 20.2 Å². The van der Waals surface area contributed by atoms with Crippen molar-refractivity contribution in [1.29, 1.82) is 0 Å². The minimum atomic E-state index is -0.887. The first-order chi connectivity index (χ1) is 18.0. The zero-order chi connectivity index (χ0) is 28.4. The van der Waals surface area contributed by atoms with E-state index in [0.29, 0.717) is 25.7 Å². The number of fused-ring (bicyclic) bond motifs is 2. The van der Waals surface area contributed by atoms with Crippen molar-refractivity contribution in [3.8, 4) is 11.5 Å². The fraction of sp³-hybridized carbons (Fsp3) is 0.480. The molecule has 0 atom stereocenters. The standard InChI is InChI=1S/C25H31Cl2N5O6/c1-5-24(6-2,12-28)37-18-11-16(31(33)34)15-9-14-10-17(32(35)36)23(38-25(7-3,8-4)13-29)20(27)21(14)30-22(15)19(18)26/h9-11H,5-8,12-13,28-29H2,1-4H3. The number of nitrogens with two attached hydrogens (primary N) is 2. The van der Waals surface area contributed by atoms with Crippen LogP contribution in [0.25, 0.3) is 21.8 Å². The van der Waals surface area contributed by atoms with E-state index in [2.05, 4.69) is 4.98 Å². The van der Waals surface area contributed by atoms with Crippen molar-refractivity contribution >= 4 is 56.4 Å². The van der Waals surface area contributed by atoms with E-state index in [4.69, 9.17) is 44.1 Å². The van der Waals surface area contributed by atoms with Crippen molar-refractivity contribution < 1.29 is 19.3 Å². The molecule has 3 aromatic rings. The van der Waals surface area contributed by atoms with Crippen LogP contribution in [0.2, 0.25) is 10.0 Å². The van der Waals surface area contributed by atoms with Crippen molar-refractivity contribution in [2.24, 2.45) is 11.5 Å². The van der Waals surface area contributed by atoms with E-state index < -0.39 is 26.7 Å². The molecular formula is C25H31Cl2N5O6. The third-order valence-corrected chi connectivity index (χ3v) is 8.03. The number of nitro benzene ring substituents is 2. The molecule has 0 spiro atoms. The van der Waals surface area contributed by atoms with Crippen LogP contribution in [0.1, 0.15) is 53.4 Å². The maximum atomic E-state index is 12.0. The molecule has 38 heavy (non-hydrogen) atoms. The summed E-state index contributed by atoms with van der Waals surface area (Å²) in [7, 11) is 0. The minimum absolute atomic E-state index is 0.0301. The molecule has 0 aliphatic heterocycles. The van der Waals surface area contributed by atoms with E-state index in [0.717, 1.165) is 0 Å². The Morgan fingerprint density at radius 1 is 0.816 bits per heavy atom. The number of rotatable bonds is 12. The molecular weight excluding hydrogens is 537 g/mol. The van der Waals surface area contributed by atoms with Crippen LogP contribution in [0.4, 0.5) is 11.4 Å². The molecule has 0 fully saturated rings. The Morgan fingerprint density at radius 2 is 1.34 bits per heavy atom. The summed E-state index contributed by atoms with van der Waals surface area (Å²) in [6, 6.07) is 3.85. The molecule has 0 saturated heterocycles. The SMILES string of the molecule is CCC(CC)(CN)Oc1cc([N+](=O)[O-])c2cc3cc([N+](=O)[O-])c(OC(CC)(CC)CN)c(Cl)c3nc2c1Cl. The molecule has 2 aromatic carbocycles. The average molecular weight is 568 g/mol. The molecule has 0 aliphatic rings. The molecule has 0 bridgehead atoms. The Labute approximate surface area is 229 Å². The van der Waals surface area contributed by atoms with Gasteiger partial charge in [-0.1, -0.05) is 50.9 Å². The molecule has 0 saturated carbocycles. The molecule has 0 aliphatic carbocycles. The number of hydrogen-bond acceptors (Lipinski definition) is 9. The average Bonchev–Trinajstić information content (AvgIpc) is 2.92. The predicted octanol–water partition coefficient (Wildman–Crippen LogP) is 6.30. The van der Waals surface area contributed by atoms with Crippen LogP contribution in [0.5, 0.6) is 11.5 Å². The van der Waals surface area contributed by atoms with Gasteiger partial charge >= 0.3 is 5.69 Å². The third kappa shape index (κ3) is 5.15. The number of non-ortho nitro benzene ring substituents is 1. The van der Waals surface area contributed by atoms with Gasteiger partial charge in [0.2, 0.25) is 5.75 Å². The molecule has 1 aromatic heterocycles. The lowest BCUT2D eigenvalue weighted by molar-refractivity contribution is -0.386. The first-order valence-corrected chi connectivity index (χ1v) is 13.1. The Bertz CT molecular complexity index is 1380. The number of hydrogen-bond donors (Lipinski definition) is 2. The number of aromatic nitrogens is 1. The van der Waals surface area contributed by atoms with Gasteiger partial charge in [-0.05, 0) is 31.7 Å². The molecule has 1 heterocycles. The van der Waals surface area contributed by atoms with Crippen molar-refractivity contribution in [2.75, 3.05) is 13.1 Å².